The average Bonchev–Trinajstić information content (AvgIpc) is 3.02. The van der Waals surface area contributed by atoms with Gasteiger partial charge in [-0.25, -0.2) is 0 Å². The molecule has 2 aromatic heterocycles. The van der Waals surface area contributed by atoms with E-state index in [1.807, 2.05) is 32.9 Å². The van der Waals surface area contributed by atoms with Crippen molar-refractivity contribution in [3.05, 3.63) is 52.1 Å². The van der Waals surface area contributed by atoms with Crippen LogP contribution in [0, 0.1) is 27.7 Å². The summed E-state index contributed by atoms with van der Waals surface area (Å²) in [6, 6.07) is 4.04. The van der Waals surface area contributed by atoms with Crippen LogP contribution in [-0.2, 0) is 22.6 Å². The number of aromatic nitrogens is 1. The van der Waals surface area contributed by atoms with E-state index in [2.05, 4.69) is 5.16 Å². The van der Waals surface area contributed by atoms with Gasteiger partial charge in [-0.05, 0) is 51.0 Å². The number of hydrogen-bond acceptors (Lipinski definition) is 5. The molecule has 0 unspecified atom stereocenters. The first kappa shape index (κ1) is 15.3. The molecule has 0 amide bonds. The number of fused-ring (bicyclic) bond motifs is 1. The first-order valence-electron chi connectivity index (χ1n) is 7.50. The number of rotatable bonds is 4. The molecule has 0 bridgehead atoms. The molecule has 120 valence electrons. The summed E-state index contributed by atoms with van der Waals surface area (Å²) in [5.74, 6) is 0.376. The van der Waals surface area contributed by atoms with Gasteiger partial charge in [0.05, 0.1) is 23.9 Å². The fraction of sp³-hybridized carbons (Fsp3) is 0.333. The second kappa shape index (κ2) is 5.91. The zero-order valence-electron chi connectivity index (χ0n) is 13.7. The Labute approximate surface area is 134 Å². The lowest BCUT2D eigenvalue weighted by Crippen LogP contribution is -2.08. The number of benzene rings is 1. The zero-order valence-corrected chi connectivity index (χ0v) is 13.7. The molecule has 0 aliphatic rings. The molecule has 0 saturated carbocycles. The van der Waals surface area contributed by atoms with E-state index in [4.69, 9.17) is 13.7 Å². The van der Waals surface area contributed by atoms with E-state index in [9.17, 15) is 4.79 Å². The summed E-state index contributed by atoms with van der Waals surface area (Å²) < 4.78 is 15.9. The van der Waals surface area contributed by atoms with Crippen molar-refractivity contribution in [3.8, 4) is 0 Å². The molecule has 0 N–H and O–H groups in total. The maximum absolute atomic E-state index is 12.1. The summed E-state index contributed by atoms with van der Waals surface area (Å²) in [5.41, 5.74) is 5.54. The third kappa shape index (κ3) is 2.99. The third-order valence-electron chi connectivity index (χ3n) is 4.16. The highest BCUT2D eigenvalue weighted by atomic mass is 16.5. The number of carbonyl (C=O) groups excluding carboxylic acids is 1. The second-order valence-electron chi connectivity index (χ2n) is 5.83. The monoisotopic (exact) mass is 313 g/mol. The summed E-state index contributed by atoms with van der Waals surface area (Å²) in [4.78, 5) is 12.1. The largest absolute Gasteiger partial charge is 0.464 e. The molecule has 0 radical (unpaired) electrons. The Morgan fingerprint density at radius 3 is 2.61 bits per heavy atom. The molecule has 3 aromatic rings. The van der Waals surface area contributed by atoms with Gasteiger partial charge in [-0.3, -0.25) is 4.79 Å². The van der Waals surface area contributed by atoms with Crippen molar-refractivity contribution in [3.63, 3.8) is 0 Å². The van der Waals surface area contributed by atoms with Gasteiger partial charge < -0.3 is 13.7 Å². The van der Waals surface area contributed by atoms with Gasteiger partial charge in [0.2, 0.25) is 0 Å². The van der Waals surface area contributed by atoms with Crippen LogP contribution in [0.3, 0.4) is 0 Å². The van der Waals surface area contributed by atoms with Gasteiger partial charge in [0.15, 0.2) is 0 Å². The standard InChI is InChI=1S/C18H19NO4/c1-10-5-15-14(8-21-17(15)6-11(10)2)7-18(20)22-9-16-12(3)19-23-13(16)4/h5-6,8H,7,9H2,1-4H3. The second-order valence-corrected chi connectivity index (χ2v) is 5.83. The molecular weight excluding hydrogens is 294 g/mol. The van der Waals surface area contributed by atoms with Gasteiger partial charge in [-0.1, -0.05) is 5.16 Å². The van der Waals surface area contributed by atoms with E-state index in [1.165, 1.54) is 11.1 Å². The molecule has 5 nitrogen and oxygen atoms in total. The number of nitrogens with zero attached hydrogens (tertiary/aromatic N) is 1. The Hall–Kier alpha value is -2.56. The van der Waals surface area contributed by atoms with Crippen molar-refractivity contribution in [1.82, 2.24) is 5.16 Å². The van der Waals surface area contributed by atoms with Crippen LogP contribution in [-0.4, -0.2) is 11.1 Å². The molecule has 0 atom stereocenters. The van der Waals surface area contributed by atoms with Crippen molar-refractivity contribution < 1.29 is 18.5 Å². The van der Waals surface area contributed by atoms with Crippen LogP contribution >= 0.6 is 0 Å². The number of hydrogen-bond donors (Lipinski definition) is 0. The number of carbonyl (C=O) groups is 1. The first-order chi connectivity index (χ1) is 11.0. The van der Waals surface area contributed by atoms with Crippen molar-refractivity contribution in [2.75, 3.05) is 0 Å². The predicted octanol–water partition coefficient (Wildman–Crippen LogP) is 3.94. The highest BCUT2D eigenvalue weighted by Gasteiger charge is 2.15. The zero-order chi connectivity index (χ0) is 16.6. The van der Waals surface area contributed by atoms with Gasteiger partial charge in [0.25, 0.3) is 0 Å². The van der Waals surface area contributed by atoms with Crippen molar-refractivity contribution in [2.24, 2.45) is 0 Å². The predicted molar refractivity (Wildman–Crippen MR) is 85.2 cm³/mol. The van der Waals surface area contributed by atoms with Crippen LogP contribution in [0.5, 0.6) is 0 Å². The Morgan fingerprint density at radius 2 is 1.91 bits per heavy atom. The summed E-state index contributed by atoms with van der Waals surface area (Å²) in [6.45, 7) is 7.89. The summed E-state index contributed by atoms with van der Waals surface area (Å²) in [7, 11) is 0. The molecule has 0 saturated heterocycles. The molecule has 1 aromatic carbocycles. The molecule has 0 aliphatic heterocycles. The fourth-order valence-electron chi connectivity index (χ4n) is 2.54. The Morgan fingerprint density at radius 1 is 1.17 bits per heavy atom. The van der Waals surface area contributed by atoms with Crippen LogP contribution in [0.1, 0.15) is 33.7 Å². The lowest BCUT2D eigenvalue weighted by atomic mass is 10.0. The van der Waals surface area contributed by atoms with E-state index < -0.39 is 0 Å². The molecule has 0 spiro atoms. The smallest absolute Gasteiger partial charge is 0.310 e. The lowest BCUT2D eigenvalue weighted by molar-refractivity contribution is -0.144. The molecule has 23 heavy (non-hydrogen) atoms. The minimum Gasteiger partial charge on any atom is -0.464 e. The van der Waals surface area contributed by atoms with E-state index >= 15 is 0 Å². The molecule has 0 fully saturated rings. The van der Waals surface area contributed by atoms with Crippen molar-refractivity contribution in [2.45, 2.75) is 40.7 Å². The third-order valence-corrected chi connectivity index (χ3v) is 4.16. The molecular formula is C18H19NO4. The number of furan rings is 1. The minimum atomic E-state index is -0.300. The Balaban J connectivity index is 1.72. The van der Waals surface area contributed by atoms with Gasteiger partial charge in [-0.2, -0.15) is 0 Å². The van der Waals surface area contributed by atoms with Crippen molar-refractivity contribution >= 4 is 16.9 Å². The van der Waals surface area contributed by atoms with Crippen LogP contribution in [0.15, 0.2) is 27.3 Å². The van der Waals surface area contributed by atoms with Crippen LogP contribution in [0.4, 0.5) is 0 Å². The topological polar surface area (TPSA) is 65.5 Å². The molecule has 5 heteroatoms. The van der Waals surface area contributed by atoms with E-state index in [0.29, 0.717) is 5.76 Å². The van der Waals surface area contributed by atoms with E-state index in [0.717, 1.165) is 27.8 Å². The van der Waals surface area contributed by atoms with Gasteiger partial charge in [-0.15, -0.1) is 0 Å². The van der Waals surface area contributed by atoms with Crippen LogP contribution in [0.25, 0.3) is 11.0 Å². The Kier molecular flexibility index (Phi) is 3.94. The summed E-state index contributed by atoms with van der Waals surface area (Å²) >= 11 is 0. The lowest BCUT2D eigenvalue weighted by Gasteiger charge is -2.04. The van der Waals surface area contributed by atoms with Gasteiger partial charge in [0.1, 0.15) is 18.0 Å². The van der Waals surface area contributed by atoms with Crippen LogP contribution in [0.2, 0.25) is 0 Å². The van der Waals surface area contributed by atoms with Crippen molar-refractivity contribution in [1.29, 1.82) is 0 Å². The molecule has 0 aliphatic carbocycles. The number of esters is 1. The Bertz CT molecular complexity index is 853. The maximum Gasteiger partial charge on any atom is 0.310 e. The fourth-order valence-corrected chi connectivity index (χ4v) is 2.54. The maximum atomic E-state index is 12.1. The molecule has 3 rings (SSSR count). The number of ether oxygens (including phenoxy) is 1. The van der Waals surface area contributed by atoms with E-state index in [1.54, 1.807) is 13.2 Å². The normalized spacial score (nSPS) is 11.1. The van der Waals surface area contributed by atoms with Gasteiger partial charge in [0, 0.05) is 10.9 Å². The molecule has 2 heterocycles. The quantitative estimate of drug-likeness (QED) is 0.683. The SMILES string of the molecule is Cc1cc2occ(CC(=O)OCc3c(C)noc3C)c2cc1C. The first-order valence-corrected chi connectivity index (χ1v) is 7.50. The highest BCUT2D eigenvalue weighted by molar-refractivity contribution is 5.86. The number of aryl methyl sites for hydroxylation is 4. The highest BCUT2D eigenvalue weighted by Crippen LogP contribution is 2.25. The van der Waals surface area contributed by atoms with Crippen LogP contribution < -0.4 is 0 Å². The summed E-state index contributed by atoms with van der Waals surface area (Å²) in [5, 5.41) is 4.81. The minimum absolute atomic E-state index is 0.175. The van der Waals surface area contributed by atoms with E-state index in [-0.39, 0.29) is 19.0 Å². The van der Waals surface area contributed by atoms with Gasteiger partial charge >= 0.3 is 5.97 Å². The summed E-state index contributed by atoms with van der Waals surface area (Å²) in [6.07, 6.45) is 1.81. The average molecular weight is 313 g/mol.